The molecule has 94 valence electrons. The van der Waals surface area contributed by atoms with Gasteiger partial charge in [0, 0.05) is 0 Å². The minimum absolute atomic E-state index is 0.356. The third-order valence-corrected chi connectivity index (χ3v) is 2.48. The van der Waals surface area contributed by atoms with E-state index in [1.165, 1.54) is 0 Å². The molecule has 0 heterocycles. The molecule has 1 aliphatic rings. The van der Waals surface area contributed by atoms with Gasteiger partial charge in [-0.15, -0.1) is 0 Å². The lowest BCUT2D eigenvalue weighted by molar-refractivity contribution is 0.0196. The molecule has 0 radical (unpaired) electrons. The van der Waals surface area contributed by atoms with Crippen LogP contribution in [0.4, 0.5) is 9.18 Å². The van der Waals surface area contributed by atoms with Crippen molar-refractivity contribution in [3.05, 3.63) is 0 Å². The average molecular weight is 233 g/mol. The van der Waals surface area contributed by atoms with E-state index in [1.807, 2.05) is 0 Å². The highest BCUT2D eigenvalue weighted by atomic mass is 19.1. The molecule has 5 heteroatoms. The van der Waals surface area contributed by atoms with E-state index in [0.29, 0.717) is 12.8 Å². The molecule has 1 fully saturated rings. The summed E-state index contributed by atoms with van der Waals surface area (Å²) in [4.78, 5) is 11.4. The molecule has 1 saturated carbocycles. The van der Waals surface area contributed by atoms with Gasteiger partial charge in [0.2, 0.25) is 0 Å². The van der Waals surface area contributed by atoms with Gasteiger partial charge in [0.25, 0.3) is 0 Å². The van der Waals surface area contributed by atoms with Crippen LogP contribution < -0.4 is 5.32 Å². The summed E-state index contributed by atoms with van der Waals surface area (Å²) >= 11 is 0. The summed E-state index contributed by atoms with van der Waals surface area (Å²) in [6.45, 7) is 6.79. The predicted molar refractivity (Wildman–Crippen MR) is 57.9 cm³/mol. The monoisotopic (exact) mass is 233 g/mol. The highest BCUT2D eigenvalue weighted by Gasteiger charge is 2.52. The third-order valence-electron chi connectivity index (χ3n) is 2.48. The summed E-state index contributed by atoms with van der Waals surface area (Å²) < 4.78 is 18.5. The van der Waals surface area contributed by atoms with Gasteiger partial charge in [-0.2, -0.15) is 0 Å². The summed E-state index contributed by atoms with van der Waals surface area (Å²) in [5, 5.41) is 12.1. The fraction of sp³-hybridized carbons (Fsp3) is 0.909. The van der Waals surface area contributed by atoms with Crippen LogP contribution in [-0.2, 0) is 4.74 Å². The van der Waals surface area contributed by atoms with Gasteiger partial charge in [-0.3, -0.25) is 0 Å². The van der Waals surface area contributed by atoms with E-state index in [1.54, 1.807) is 27.7 Å². The second kappa shape index (κ2) is 4.20. The fourth-order valence-corrected chi connectivity index (χ4v) is 1.44. The molecule has 2 atom stereocenters. The number of halogens is 1. The van der Waals surface area contributed by atoms with Gasteiger partial charge in [-0.05, 0) is 40.5 Å². The van der Waals surface area contributed by atoms with Crippen molar-refractivity contribution in [2.45, 2.75) is 64.0 Å². The Bertz CT molecular complexity index is 271. The van der Waals surface area contributed by atoms with E-state index in [4.69, 9.17) is 4.74 Å². The summed E-state index contributed by atoms with van der Waals surface area (Å²) in [6, 6.07) is -0.651. The maximum absolute atomic E-state index is 13.5. The standard InChI is InChI=1S/C11H20FNO3/c1-7(8(14)11(12)5-6-11)13-9(15)16-10(2,3)4/h7-8,14H,5-6H2,1-4H3,(H,13,15)/t7?,8-/m0/s1. The normalized spacial score (nSPS) is 22.1. The van der Waals surface area contributed by atoms with Crippen LogP contribution in [-0.4, -0.2) is 34.6 Å². The molecule has 1 aliphatic carbocycles. The number of ether oxygens (including phenoxy) is 1. The number of hydrogen-bond acceptors (Lipinski definition) is 3. The van der Waals surface area contributed by atoms with Crippen LogP contribution in [0.1, 0.15) is 40.5 Å². The smallest absolute Gasteiger partial charge is 0.407 e. The molecule has 2 N–H and O–H groups in total. The molecule has 0 aromatic rings. The molecular weight excluding hydrogens is 213 g/mol. The lowest BCUT2D eigenvalue weighted by Crippen LogP contribution is -2.47. The van der Waals surface area contributed by atoms with E-state index < -0.39 is 29.5 Å². The van der Waals surface area contributed by atoms with Crippen LogP contribution in [0, 0.1) is 0 Å². The van der Waals surface area contributed by atoms with Gasteiger partial charge >= 0.3 is 6.09 Å². The van der Waals surface area contributed by atoms with Crippen LogP contribution in [0.15, 0.2) is 0 Å². The van der Waals surface area contributed by atoms with E-state index >= 15 is 0 Å². The minimum Gasteiger partial charge on any atom is -0.444 e. The Kier molecular flexibility index (Phi) is 3.47. The number of carbonyl (C=O) groups is 1. The SMILES string of the molecule is CC(NC(=O)OC(C)(C)C)[C@H](O)C1(F)CC1. The molecule has 0 aromatic carbocycles. The van der Waals surface area contributed by atoms with Gasteiger partial charge in [0.1, 0.15) is 17.4 Å². The highest BCUT2D eigenvalue weighted by molar-refractivity contribution is 5.68. The molecule has 16 heavy (non-hydrogen) atoms. The van der Waals surface area contributed by atoms with Crippen molar-refractivity contribution in [3.63, 3.8) is 0 Å². The number of nitrogens with one attached hydrogen (secondary N) is 1. The lowest BCUT2D eigenvalue weighted by Gasteiger charge is -2.25. The van der Waals surface area contributed by atoms with Crippen molar-refractivity contribution in [1.82, 2.24) is 5.32 Å². The van der Waals surface area contributed by atoms with Crippen LogP contribution in [0.2, 0.25) is 0 Å². The number of aliphatic hydroxyl groups excluding tert-OH is 1. The fourth-order valence-electron chi connectivity index (χ4n) is 1.44. The van der Waals surface area contributed by atoms with Crippen LogP contribution >= 0.6 is 0 Å². The number of alkyl halides is 1. The van der Waals surface area contributed by atoms with Gasteiger partial charge in [-0.1, -0.05) is 0 Å². The van der Waals surface area contributed by atoms with Crippen molar-refractivity contribution < 1.29 is 19.0 Å². The molecule has 0 saturated heterocycles. The van der Waals surface area contributed by atoms with Gasteiger partial charge in [0.05, 0.1) is 6.04 Å². The van der Waals surface area contributed by atoms with Crippen molar-refractivity contribution in [2.75, 3.05) is 0 Å². The maximum Gasteiger partial charge on any atom is 0.407 e. The molecule has 1 amide bonds. The van der Waals surface area contributed by atoms with Crippen LogP contribution in [0.3, 0.4) is 0 Å². The van der Waals surface area contributed by atoms with Crippen molar-refractivity contribution in [2.24, 2.45) is 0 Å². The topological polar surface area (TPSA) is 58.6 Å². The largest absolute Gasteiger partial charge is 0.444 e. The molecule has 0 aromatic heterocycles. The van der Waals surface area contributed by atoms with Crippen molar-refractivity contribution in [3.8, 4) is 0 Å². The molecule has 0 aliphatic heterocycles. The molecule has 0 spiro atoms. The van der Waals surface area contributed by atoms with Gasteiger partial charge in [0.15, 0.2) is 0 Å². The second-order valence-corrected chi connectivity index (χ2v) is 5.41. The Morgan fingerprint density at radius 1 is 1.50 bits per heavy atom. The average Bonchev–Trinajstić information content (AvgIpc) is 2.79. The Morgan fingerprint density at radius 2 is 2.00 bits per heavy atom. The first-order valence-corrected chi connectivity index (χ1v) is 5.50. The quantitative estimate of drug-likeness (QED) is 0.781. The summed E-state index contributed by atoms with van der Waals surface area (Å²) in [7, 11) is 0. The third kappa shape index (κ3) is 3.63. The number of alkyl carbamates (subject to hydrolysis) is 1. The summed E-state index contributed by atoms with van der Waals surface area (Å²) in [5.74, 6) is 0. The number of hydrogen-bond donors (Lipinski definition) is 2. The van der Waals surface area contributed by atoms with Gasteiger partial charge in [-0.25, -0.2) is 9.18 Å². The molecular formula is C11H20FNO3. The number of carbonyl (C=O) groups excluding carboxylic acids is 1. The predicted octanol–water partition coefficient (Wildman–Crippen LogP) is 1.76. The van der Waals surface area contributed by atoms with E-state index in [-0.39, 0.29) is 0 Å². The van der Waals surface area contributed by atoms with Crippen LogP contribution in [0.5, 0.6) is 0 Å². The zero-order valence-electron chi connectivity index (χ0n) is 10.2. The molecule has 1 rings (SSSR count). The summed E-state index contributed by atoms with van der Waals surface area (Å²) in [5.41, 5.74) is -2.11. The van der Waals surface area contributed by atoms with E-state index in [2.05, 4.69) is 5.32 Å². The Hall–Kier alpha value is -0.840. The highest BCUT2D eigenvalue weighted by Crippen LogP contribution is 2.43. The lowest BCUT2D eigenvalue weighted by atomic mass is 10.1. The minimum atomic E-state index is -1.52. The maximum atomic E-state index is 13.5. The summed E-state index contributed by atoms with van der Waals surface area (Å²) in [6.07, 6.45) is -1.09. The van der Waals surface area contributed by atoms with E-state index in [0.717, 1.165) is 0 Å². The number of aliphatic hydroxyl groups is 1. The Balaban J connectivity index is 2.39. The molecule has 4 nitrogen and oxygen atoms in total. The Labute approximate surface area is 95.2 Å². The number of amides is 1. The van der Waals surface area contributed by atoms with Crippen molar-refractivity contribution >= 4 is 6.09 Å². The van der Waals surface area contributed by atoms with Gasteiger partial charge < -0.3 is 15.2 Å². The first-order valence-electron chi connectivity index (χ1n) is 5.50. The Morgan fingerprint density at radius 3 is 2.38 bits per heavy atom. The van der Waals surface area contributed by atoms with E-state index in [9.17, 15) is 14.3 Å². The first-order chi connectivity index (χ1) is 7.14. The first kappa shape index (κ1) is 13.2. The molecule has 1 unspecified atom stereocenters. The molecule has 0 bridgehead atoms. The number of rotatable bonds is 3. The zero-order valence-corrected chi connectivity index (χ0v) is 10.2. The van der Waals surface area contributed by atoms with Crippen LogP contribution in [0.25, 0.3) is 0 Å². The zero-order chi connectivity index (χ0) is 12.6. The van der Waals surface area contributed by atoms with Crippen molar-refractivity contribution in [1.29, 1.82) is 0 Å². The second-order valence-electron chi connectivity index (χ2n) is 5.41.